The van der Waals surface area contributed by atoms with Crippen LogP contribution in [-0.4, -0.2) is 95.2 Å². The van der Waals surface area contributed by atoms with Crippen molar-refractivity contribution in [2.24, 2.45) is 4.99 Å². The van der Waals surface area contributed by atoms with Gasteiger partial charge in [0.2, 0.25) is 5.91 Å². The number of nitrogens with one attached hydrogen (secondary N) is 1. The fourth-order valence-corrected chi connectivity index (χ4v) is 8.33. The maximum atomic E-state index is 13.8. The number of aliphatic imine (C=N–C) groups is 1. The molecule has 284 valence electrons. The number of rotatable bonds is 10. The topological polar surface area (TPSA) is 146 Å². The highest BCUT2D eigenvalue weighted by atomic mass is 16.5. The Morgan fingerprint density at radius 3 is 1.84 bits per heavy atom. The van der Waals surface area contributed by atoms with Crippen LogP contribution >= 0.6 is 0 Å². The minimum atomic E-state index is -0.339. The van der Waals surface area contributed by atoms with Gasteiger partial charge in [0.15, 0.2) is 0 Å². The lowest BCUT2D eigenvalue weighted by atomic mass is 9.94. The molecule has 0 unspecified atom stereocenters. The Balaban J connectivity index is 0.778. The van der Waals surface area contributed by atoms with E-state index in [9.17, 15) is 28.8 Å². The molecule has 1 saturated heterocycles. The number of amides is 6. The molecule has 0 radical (unpaired) electrons. The van der Waals surface area contributed by atoms with E-state index in [4.69, 9.17) is 4.74 Å². The maximum absolute atomic E-state index is 13.8. The molecule has 12 nitrogen and oxygen atoms in total. The standard InChI is InChI=1S/C45H37N5O7/c1-26-20-35-36(23-37(26)57-19-7-18-49-43(54)33-14-4-10-29-11-5-15-34(40(29)33)44(49)55)47-24-30-21-27(25-50(30)45(35)56)22-38(51)46-16-6-17-48-41(52)31-12-2-8-28-9-3-13-32(39(28)31)42(48)53/h2-5,8-15,20,22-24,30H,6-7,16-19,21,25H2,1H3,(H,46,51)/b27-22+/t30-/m0/s1. The van der Waals surface area contributed by atoms with E-state index in [1.165, 1.54) is 15.9 Å². The minimum absolute atomic E-state index is 0.166. The zero-order valence-electron chi connectivity index (χ0n) is 31.1. The van der Waals surface area contributed by atoms with Gasteiger partial charge in [-0.15, -0.1) is 0 Å². The fourth-order valence-electron chi connectivity index (χ4n) is 8.33. The van der Waals surface area contributed by atoms with Gasteiger partial charge in [-0.2, -0.15) is 0 Å². The van der Waals surface area contributed by atoms with Crippen molar-refractivity contribution in [2.75, 3.05) is 32.8 Å². The van der Waals surface area contributed by atoms with Gasteiger partial charge in [-0.3, -0.25) is 43.6 Å². The van der Waals surface area contributed by atoms with Crippen molar-refractivity contribution in [2.45, 2.75) is 32.2 Å². The van der Waals surface area contributed by atoms with E-state index in [0.29, 0.717) is 69.3 Å². The van der Waals surface area contributed by atoms with Crippen LogP contribution in [0.2, 0.25) is 0 Å². The number of hydrogen-bond acceptors (Lipinski definition) is 8. The summed E-state index contributed by atoms with van der Waals surface area (Å²) in [7, 11) is 0. The number of hydrogen-bond donors (Lipinski definition) is 1. The predicted octanol–water partition coefficient (Wildman–Crippen LogP) is 6.03. The second-order valence-electron chi connectivity index (χ2n) is 14.7. The largest absolute Gasteiger partial charge is 0.493 e. The normalized spacial score (nSPS) is 17.8. The number of benzene rings is 5. The smallest absolute Gasteiger partial charge is 0.261 e. The number of imide groups is 2. The van der Waals surface area contributed by atoms with Crippen molar-refractivity contribution in [3.63, 3.8) is 0 Å². The monoisotopic (exact) mass is 759 g/mol. The summed E-state index contributed by atoms with van der Waals surface area (Å²) in [6, 6.07) is 24.9. The van der Waals surface area contributed by atoms with Crippen molar-refractivity contribution >= 4 is 68.9 Å². The Hall–Kier alpha value is -6.95. The van der Waals surface area contributed by atoms with Crippen molar-refractivity contribution in [3.8, 4) is 5.75 Å². The van der Waals surface area contributed by atoms with Crippen LogP contribution in [0.3, 0.4) is 0 Å². The lowest BCUT2D eigenvalue weighted by Gasteiger charge is -2.27. The van der Waals surface area contributed by atoms with Crippen LogP contribution < -0.4 is 10.1 Å². The lowest BCUT2D eigenvalue weighted by Crippen LogP contribution is -2.41. The zero-order valence-corrected chi connectivity index (χ0v) is 31.1. The van der Waals surface area contributed by atoms with Crippen molar-refractivity contribution in [1.29, 1.82) is 0 Å². The number of carbonyl (C=O) groups excluding carboxylic acids is 6. The molecule has 1 N–H and O–H groups in total. The second kappa shape index (κ2) is 14.3. The predicted molar refractivity (Wildman–Crippen MR) is 213 cm³/mol. The van der Waals surface area contributed by atoms with Crippen LogP contribution in [0.1, 0.15) is 76.6 Å². The first-order valence-electron chi connectivity index (χ1n) is 19.0. The van der Waals surface area contributed by atoms with Gasteiger partial charge in [0.05, 0.1) is 23.9 Å². The van der Waals surface area contributed by atoms with E-state index < -0.39 is 0 Å². The van der Waals surface area contributed by atoms with Crippen LogP contribution in [-0.2, 0) is 4.79 Å². The Kier molecular flexibility index (Phi) is 8.95. The van der Waals surface area contributed by atoms with E-state index in [0.717, 1.165) is 21.9 Å². The summed E-state index contributed by atoms with van der Waals surface area (Å²) in [4.78, 5) is 88.4. The minimum Gasteiger partial charge on any atom is -0.493 e. The van der Waals surface area contributed by atoms with E-state index in [2.05, 4.69) is 10.3 Å². The van der Waals surface area contributed by atoms with Gasteiger partial charge in [-0.25, -0.2) is 0 Å². The summed E-state index contributed by atoms with van der Waals surface area (Å²) in [6.07, 6.45) is 4.48. The molecule has 0 spiro atoms. The number of nitrogens with zero attached hydrogens (tertiary/aromatic N) is 4. The Morgan fingerprint density at radius 1 is 0.737 bits per heavy atom. The first-order chi connectivity index (χ1) is 27.7. The average molecular weight is 760 g/mol. The van der Waals surface area contributed by atoms with Crippen molar-refractivity contribution in [3.05, 3.63) is 130 Å². The highest BCUT2D eigenvalue weighted by Crippen LogP contribution is 2.36. The summed E-state index contributed by atoms with van der Waals surface area (Å²) < 4.78 is 6.10. The highest BCUT2D eigenvalue weighted by Gasteiger charge is 2.36. The number of ether oxygens (including phenoxy) is 1. The summed E-state index contributed by atoms with van der Waals surface area (Å²) in [6.45, 7) is 2.98. The molecule has 0 bridgehead atoms. The number of aryl methyl sites for hydroxylation is 1. The maximum Gasteiger partial charge on any atom is 0.261 e. The molecule has 6 amide bonds. The van der Waals surface area contributed by atoms with Crippen molar-refractivity contribution < 1.29 is 33.5 Å². The molecule has 5 aromatic carbocycles. The van der Waals surface area contributed by atoms with Gasteiger partial charge in [0.25, 0.3) is 29.5 Å². The number of fused-ring (bicyclic) bond motifs is 2. The Bertz CT molecular complexity index is 2560. The molecule has 0 aliphatic carbocycles. The molecule has 57 heavy (non-hydrogen) atoms. The highest BCUT2D eigenvalue weighted by molar-refractivity contribution is 6.26. The summed E-state index contributed by atoms with van der Waals surface area (Å²) in [5.74, 6) is -1.26. The molecule has 4 heterocycles. The molecule has 0 saturated carbocycles. The van der Waals surface area contributed by atoms with Gasteiger partial charge >= 0.3 is 0 Å². The summed E-state index contributed by atoms with van der Waals surface area (Å²) in [5.41, 5.74) is 4.47. The van der Waals surface area contributed by atoms with Crippen LogP contribution in [0.5, 0.6) is 5.75 Å². The third-order valence-electron chi connectivity index (χ3n) is 11.1. The summed E-state index contributed by atoms with van der Waals surface area (Å²) >= 11 is 0. The van der Waals surface area contributed by atoms with Gasteiger partial charge in [0.1, 0.15) is 5.75 Å². The van der Waals surface area contributed by atoms with Crippen LogP contribution in [0.25, 0.3) is 21.5 Å². The Morgan fingerprint density at radius 2 is 1.28 bits per heavy atom. The van der Waals surface area contributed by atoms with E-state index in [1.54, 1.807) is 59.6 Å². The molecule has 9 rings (SSSR count). The molecule has 4 aliphatic heterocycles. The van der Waals surface area contributed by atoms with Gasteiger partial charge in [-0.1, -0.05) is 48.5 Å². The molecular weight excluding hydrogens is 723 g/mol. The van der Waals surface area contributed by atoms with E-state index in [-0.39, 0.29) is 74.3 Å². The van der Waals surface area contributed by atoms with Crippen LogP contribution in [0.4, 0.5) is 5.69 Å². The Labute approximate surface area is 327 Å². The molecule has 1 fully saturated rings. The van der Waals surface area contributed by atoms with Gasteiger partial charge < -0.3 is 15.0 Å². The second-order valence-corrected chi connectivity index (χ2v) is 14.7. The van der Waals surface area contributed by atoms with E-state index >= 15 is 0 Å². The lowest BCUT2D eigenvalue weighted by molar-refractivity contribution is -0.116. The number of carbonyl (C=O) groups is 6. The molecule has 0 aromatic heterocycles. The zero-order chi connectivity index (χ0) is 39.4. The van der Waals surface area contributed by atoms with E-state index in [1.807, 2.05) is 43.3 Å². The molecular formula is C45H37N5O7. The molecule has 1 atom stereocenters. The third kappa shape index (κ3) is 6.23. The average Bonchev–Trinajstić information content (AvgIpc) is 3.57. The molecule has 12 heteroatoms. The first-order valence-corrected chi connectivity index (χ1v) is 19.0. The third-order valence-corrected chi connectivity index (χ3v) is 11.1. The fraction of sp³-hybridized carbons (Fsp3) is 0.222. The first kappa shape index (κ1) is 35.7. The summed E-state index contributed by atoms with van der Waals surface area (Å²) in [5, 5.41) is 5.93. The van der Waals surface area contributed by atoms with Crippen LogP contribution in [0.15, 0.2) is 102 Å². The quantitative estimate of drug-likeness (QED) is 0.104. The molecule has 4 aliphatic rings. The SMILES string of the molecule is Cc1cc2c(cc1OCCCN1C(=O)c3cccc4cccc(c34)C1=O)N=C[C@@H]1C/C(=C\C(=O)NCCCN3C(=O)c4cccc5cccc(c45)C3=O)CN1C2=O. The van der Waals surface area contributed by atoms with Crippen molar-refractivity contribution in [1.82, 2.24) is 20.0 Å². The van der Waals surface area contributed by atoms with Crippen LogP contribution in [0, 0.1) is 6.92 Å². The van der Waals surface area contributed by atoms with Gasteiger partial charge in [-0.05, 0) is 78.4 Å². The molecule has 5 aromatic rings. The van der Waals surface area contributed by atoms with Gasteiger partial charge in [0, 0.05) is 77.6 Å².